The van der Waals surface area contributed by atoms with E-state index >= 15 is 0 Å². The van der Waals surface area contributed by atoms with Gasteiger partial charge in [-0.1, -0.05) is 32.0 Å². The number of carbonyl (C=O) groups excluding carboxylic acids is 1. The molecule has 3 nitrogen and oxygen atoms in total. The summed E-state index contributed by atoms with van der Waals surface area (Å²) in [4.78, 5) is 12.4. The van der Waals surface area contributed by atoms with Crippen LogP contribution in [0.4, 0.5) is 4.39 Å². The van der Waals surface area contributed by atoms with E-state index in [-0.39, 0.29) is 23.7 Å². The lowest BCUT2D eigenvalue weighted by molar-refractivity contribution is 0.0925. The van der Waals surface area contributed by atoms with Gasteiger partial charge in [0, 0.05) is 5.56 Å². The Hall–Kier alpha value is -2.67. The van der Waals surface area contributed by atoms with Crippen LogP contribution in [-0.4, -0.2) is 5.91 Å². The molecule has 112 valence electrons. The molecule has 0 saturated heterocycles. The van der Waals surface area contributed by atoms with Crippen molar-refractivity contribution in [3.05, 3.63) is 71.0 Å². The van der Waals surface area contributed by atoms with Crippen molar-refractivity contribution >= 4 is 5.91 Å². The summed E-state index contributed by atoms with van der Waals surface area (Å²) >= 11 is 0. The molecule has 0 aliphatic rings. The molecule has 0 unspecified atom stereocenters. The van der Waals surface area contributed by atoms with Crippen LogP contribution in [-0.2, 0) is 0 Å². The highest BCUT2D eigenvalue weighted by molar-refractivity contribution is 5.94. The highest BCUT2D eigenvalue weighted by atomic mass is 19.1. The van der Waals surface area contributed by atoms with Crippen LogP contribution in [0.3, 0.4) is 0 Å². The standard InChI is InChI=1S/C18H17FN2O/c1-12(2)17(14-6-8-16(19)9-7-14)21-18(22)15-5-3-4-13(10-15)11-20/h3-10,12,17H,1-2H3,(H,21,22)/t17-/m1/s1. The van der Waals surface area contributed by atoms with Crippen LogP contribution in [0.15, 0.2) is 48.5 Å². The number of nitrogens with one attached hydrogen (secondary N) is 1. The number of amides is 1. The highest BCUT2D eigenvalue weighted by Gasteiger charge is 2.19. The smallest absolute Gasteiger partial charge is 0.251 e. The van der Waals surface area contributed by atoms with Crippen LogP contribution >= 0.6 is 0 Å². The fourth-order valence-corrected chi connectivity index (χ4v) is 2.26. The Morgan fingerprint density at radius 2 is 1.86 bits per heavy atom. The van der Waals surface area contributed by atoms with Gasteiger partial charge >= 0.3 is 0 Å². The SMILES string of the molecule is CC(C)[C@@H](NC(=O)c1cccc(C#N)c1)c1ccc(F)cc1. The Kier molecular flexibility index (Phi) is 4.90. The monoisotopic (exact) mass is 296 g/mol. The third-order valence-corrected chi connectivity index (χ3v) is 3.44. The average molecular weight is 296 g/mol. The van der Waals surface area contributed by atoms with Gasteiger partial charge in [-0.2, -0.15) is 5.26 Å². The molecule has 2 aromatic carbocycles. The summed E-state index contributed by atoms with van der Waals surface area (Å²) in [5.41, 5.74) is 1.73. The van der Waals surface area contributed by atoms with Crippen LogP contribution in [0.2, 0.25) is 0 Å². The van der Waals surface area contributed by atoms with Crippen LogP contribution < -0.4 is 5.32 Å². The predicted octanol–water partition coefficient (Wildman–Crippen LogP) is 3.82. The van der Waals surface area contributed by atoms with E-state index in [1.54, 1.807) is 36.4 Å². The number of benzene rings is 2. The van der Waals surface area contributed by atoms with Crippen LogP contribution in [0.5, 0.6) is 0 Å². The molecule has 2 aromatic rings. The molecule has 0 aliphatic carbocycles. The first-order valence-electron chi connectivity index (χ1n) is 7.07. The largest absolute Gasteiger partial charge is 0.345 e. The quantitative estimate of drug-likeness (QED) is 0.932. The van der Waals surface area contributed by atoms with Gasteiger partial charge in [-0.15, -0.1) is 0 Å². The van der Waals surface area contributed by atoms with Crippen molar-refractivity contribution in [2.45, 2.75) is 19.9 Å². The van der Waals surface area contributed by atoms with Crippen molar-refractivity contribution in [1.29, 1.82) is 5.26 Å². The van der Waals surface area contributed by atoms with Crippen molar-refractivity contribution < 1.29 is 9.18 Å². The van der Waals surface area contributed by atoms with Crippen molar-refractivity contribution in [2.75, 3.05) is 0 Å². The first-order valence-corrected chi connectivity index (χ1v) is 7.07. The van der Waals surface area contributed by atoms with Gasteiger partial charge in [0.05, 0.1) is 17.7 Å². The van der Waals surface area contributed by atoms with Gasteiger partial charge in [0.2, 0.25) is 0 Å². The molecule has 0 spiro atoms. The maximum absolute atomic E-state index is 13.0. The molecule has 0 radical (unpaired) electrons. The second-order valence-corrected chi connectivity index (χ2v) is 5.44. The topological polar surface area (TPSA) is 52.9 Å². The normalized spacial score (nSPS) is 11.8. The van der Waals surface area contributed by atoms with Crippen molar-refractivity contribution in [1.82, 2.24) is 5.32 Å². The highest BCUT2D eigenvalue weighted by Crippen LogP contribution is 2.22. The van der Waals surface area contributed by atoms with E-state index in [4.69, 9.17) is 5.26 Å². The zero-order chi connectivity index (χ0) is 16.1. The molecule has 2 rings (SSSR count). The second-order valence-electron chi connectivity index (χ2n) is 5.44. The number of nitriles is 1. The molecule has 0 fully saturated rings. The average Bonchev–Trinajstić information content (AvgIpc) is 2.53. The minimum atomic E-state index is -0.306. The minimum absolute atomic E-state index is 0.147. The lowest BCUT2D eigenvalue weighted by atomic mass is 9.95. The molecular formula is C18H17FN2O. The van der Waals surface area contributed by atoms with E-state index in [1.807, 2.05) is 19.9 Å². The first kappa shape index (κ1) is 15.7. The molecule has 0 aromatic heterocycles. The zero-order valence-corrected chi connectivity index (χ0v) is 12.5. The lowest BCUT2D eigenvalue weighted by Gasteiger charge is -2.23. The molecule has 0 aliphatic heterocycles. The lowest BCUT2D eigenvalue weighted by Crippen LogP contribution is -2.31. The van der Waals surface area contributed by atoms with Crippen molar-refractivity contribution in [3.8, 4) is 6.07 Å². The Morgan fingerprint density at radius 1 is 1.18 bits per heavy atom. The number of rotatable bonds is 4. The van der Waals surface area contributed by atoms with Crippen LogP contribution in [0.1, 0.15) is 41.4 Å². The molecule has 0 saturated carbocycles. The van der Waals surface area contributed by atoms with Crippen molar-refractivity contribution in [3.63, 3.8) is 0 Å². The summed E-state index contributed by atoms with van der Waals surface area (Å²) < 4.78 is 13.0. The molecule has 1 amide bonds. The number of hydrogen-bond acceptors (Lipinski definition) is 2. The first-order chi connectivity index (χ1) is 10.5. The summed E-state index contributed by atoms with van der Waals surface area (Å²) in [7, 11) is 0. The van der Waals surface area contributed by atoms with Crippen molar-refractivity contribution in [2.24, 2.45) is 5.92 Å². The summed E-state index contributed by atoms with van der Waals surface area (Å²) in [5, 5.41) is 11.8. The van der Waals surface area contributed by atoms with Gasteiger partial charge in [-0.3, -0.25) is 4.79 Å². The number of carbonyl (C=O) groups is 1. The van der Waals surface area contributed by atoms with Gasteiger partial charge in [0.25, 0.3) is 5.91 Å². The molecule has 1 atom stereocenters. The van der Waals surface area contributed by atoms with E-state index in [0.717, 1.165) is 5.56 Å². The Bertz CT molecular complexity index is 702. The molecule has 4 heteroatoms. The van der Waals surface area contributed by atoms with Gasteiger partial charge in [-0.05, 0) is 41.8 Å². The van der Waals surface area contributed by atoms with E-state index < -0.39 is 0 Å². The van der Waals surface area contributed by atoms with Crippen LogP contribution in [0, 0.1) is 23.1 Å². The molecule has 22 heavy (non-hydrogen) atoms. The van der Waals surface area contributed by atoms with E-state index in [2.05, 4.69) is 5.32 Å². The Morgan fingerprint density at radius 3 is 2.45 bits per heavy atom. The minimum Gasteiger partial charge on any atom is -0.345 e. The third kappa shape index (κ3) is 3.70. The molecule has 0 bridgehead atoms. The predicted molar refractivity (Wildman–Crippen MR) is 82.6 cm³/mol. The van der Waals surface area contributed by atoms with Gasteiger partial charge < -0.3 is 5.32 Å². The number of halogens is 1. The number of nitrogens with zero attached hydrogens (tertiary/aromatic N) is 1. The van der Waals surface area contributed by atoms with Gasteiger partial charge in [0.1, 0.15) is 5.82 Å². The molecule has 0 heterocycles. The maximum Gasteiger partial charge on any atom is 0.251 e. The zero-order valence-electron chi connectivity index (χ0n) is 12.5. The van der Waals surface area contributed by atoms with E-state index in [1.165, 1.54) is 12.1 Å². The molecule has 1 N–H and O–H groups in total. The summed E-state index contributed by atoms with van der Waals surface area (Å²) in [6, 6.07) is 14.4. The third-order valence-electron chi connectivity index (χ3n) is 3.44. The van der Waals surface area contributed by atoms with Gasteiger partial charge in [-0.25, -0.2) is 4.39 Å². The molecular weight excluding hydrogens is 279 g/mol. The van der Waals surface area contributed by atoms with E-state index in [9.17, 15) is 9.18 Å². The summed E-state index contributed by atoms with van der Waals surface area (Å²) in [6.45, 7) is 3.97. The summed E-state index contributed by atoms with van der Waals surface area (Å²) in [6.07, 6.45) is 0. The van der Waals surface area contributed by atoms with Crippen LogP contribution in [0.25, 0.3) is 0 Å². The number of hydrogen-bond donors (Lipinski definition) is 1. The maximum atomic E-state index is 13.0. The second kappa shape index (κ2) is 6.86. The Labute approximate surface area is 129 Å². The fourth-order valence-electron chi connectivity index (χ4n) is 2.26. The fraction of sp³-hybridized carbons (Fsp3) is 0.222. The summed E-state index contributed by atoms with van der Waals surface area (Å²) in [5.74, 6) is -0.409. The van der Waals surface area contributed by atoms with E-state index in [0.29, 0.717) is 11.1 Å². The Balaban J connectivity index is 2.22. The van der Waals surface area contributed by atoms with Gasteiger partial charge in [0.15, 0.2) is 0 Å².